The second-order valence-electron chi connectivity index (χ2n) is 11.2. The molecule has 0 aromatic heterocycles. The third kappa shape index (κ3) is 4.61. The Bertz CT molecular complexity index is 673. The van der Waals surface area contributed by atoms with Crippen LogP contribution in [0.1, 0.15) is 88.0 Å². The quantitative estimate of drug-likeness (QED) is 0.476. The number of fused-ring (bicyclic) bond motifs is 2. The van der Waals surface area contributed by atoms with E-state index < -0.39 is 34.7 Å². The number of esters is 3. The highest BCUT2D eigenvalue weighted by molar-refractivity contribution is 5.85. The van der Waals surface area contributed by atoms with Crippen molar-refractivity contribution in [2.24, 2.45) is 22.7 Å². The Hall–Kier alpha value is -1.59. The van der Waals surface area contributed by atoms with Crippen molar-refractivity contribution in [3.8, 4) is 0 Å². The van der Waals surface area contributed by atoms with Crippen molar-refractivity contribution >= 4 is 17.9 Å². The lowest BCUT2D eigenvalue weighted by Gasteiger charge is -2.43. The van der Waals surface area contributed by atoms with Gasteiger partial charge in [-0.3, -0.25) is 9.59 Å². The Morgan fingerprint density at radius 3 is 2.24 bits per heavy atom. The molecule has 2 bridgehead atoms. The van der Waals surface area contributed by atoms with Gasteiger partial charge in [-0.1, -0.05) is 34.6 Å². The summed E-state index contributed by atoms with van der Waals surface area (Å²) in [6.45, 7) is 17.0. The van der Waals surface area contributed by atoms with Gasteiger partial charge in [0.1, 0.15) is 11.7 Å². The van der Waals surface area contributed by atoms with Gasteiger partial charge < -0.3 is 14.2 Å². The second-order valence-corrected chi connectivity index (χ2v) is 11.2. The summed E-state index contributed by atoms with van der Waals surface area (Å²) in [5, 5.41) is 0. The summed E-state index contributed by atoms with van der Waals surface area (Å²) < 4.78 is 17.0. The molecule has 6 heteroatoms. The van der Waals surface area contributed by atoms with Crippen molar-refractivity contribution in [3.63, 3.8) is 0 Å². The average Bonchev–Trinajstić information content (AvgIpc) is 2.87. The zero-order chi connectivity index (χ0) is 22.4. The Morgan fingerprint density at radius 2 is 1.72 bits per heavy atom. The molecule has 29 heavy (non-hydrogen) atoms. The number of hydrogen-bond acceptors (Lipinski definition) is 6. The smallest absolute Gasteiger partial charge is 0.350 e. The number of hydrogen-bond donors (Lipinski definition) is 0. The predicted molar refractivity (Wildman–Crippen MR) is 109 cm³/mol. The largest absolute Gasteiger partial charge is 0.458 e. The Labute approximate surface area is 175 Å². The van der Waals surface area contributed by atoms with Gasteiger partial charge >= 0.3 is 17.9 Å². The Balaban J connectivity index is 2.14. The molecular weight excluding hydrogens is 372 g/mol. The van der Waals surface area contributed by atoms with Crippen LogP contribution in [0.3, 0.4) is 0 Å². The predicted octanol–water partition coefficient (Wildman–Crippen LogP) is 4.43. The van der Waals surface area contributed by atoms with Crippen molar-refractivity contribution in [1.82, 2.24) is 0 Å². The molecular formula is C23H38O6. The van der Waals surface area contributed by atoms with Gasteiger partial charge in [-0.2, -0.15) is 0 Å². The summed E-state index contributed by atoms with van der Waals surface area (Å²) in [4.78, 5) is 38.0. The molecule has 0 amide bonds. The first-order chi connectivity index (χ1) is 13.0. The maximum Gasteiger partial charge on any atom is 0.350 e. The first kappa shape index (κ1) is 23.7. The first-order valence-electron chi connectivity index (χ1n) is 10.7. The molecule has 1 aliphatic carbocycles. The lowest BCUT2D eigenvalue weighted by atomic mass is 9.64. The molecule has 1 saturated heterocycles. The summed E-state index contributed by atoms with van der Waals surface area (Å²) in [6, 6.07) is 0. The van der Waals surface area contributed by atoms with E-state index in [9.17, 15) is 14.4 Å². The SMILES string of the molecule is CC(C)CC(C)(C(=O)OC(C)(C)C(=O)OC1(C)CCC2CC1OC2=O)C(C)(C)C. The molecule has 2 rings (SSSR count). The van der Waals surface area contributed by atoms with E-state index in [1.807, 2.05) is 27.7 Å². The van der Waals surface area contributed by atoms with Gasteiger partial charge in [-0.05, 0) is 58.3 Å². The Kier molecular flexibility index (Phi) is 6.20. The van der Waals surface area contributed by atoms with Crippen LogP contribution in [0.15, 0.2) is 0 Å². The monoisotopic (exact) mass is 410 g/mol. The van der Waals surface area contributed by atoms with Crippen molar-refractivity contribution < 1.29 is 28.6 Å². The summed E-state index contributed by atoms with van der Waals surface area (Å²) in [6.07, 6.45) is 1.97. The van der Waals surface area contributed by atoms with Gasteiger partial charge in [-0.25, -0.2) is 4.79 Å². The second kappa shape index (κ2) is 7.59. The van der Waals surface area contributed by atoms with Crippen LogP contribution in [-0.4, -0.2) is 35.2 Å². The molecule has 166 valence electrons. The minimum Gasteiger partial charge on any atom is -0.458 e. The zero-order valence-electron chi connectivity index (χ0n) is 19.5. The third-order valence-corrected chi connectivity index (χ3v) is 6.85. The lowest BCUT2D eigenvalue weighted by molar-refractivity contribution is -0.205. The highest BCUT2D eigenvalue weighted by Crippen LogP contribution is 2.46. The van der Waals surface area contributed by atoms with E-state index in [2.05, 4.69) is 13.8 Å². The molecule has 0 aromatic carbocycles. The van der Waals surface area contributed by atoms with Crippen LogP contribution in [0.2, 0.25) is 0 Å². The summed E-state index contributed by atoms with van der Waals surface area (Å²) in [5.74, 6) is -1.03. The van der Waals surface area contributed by atoms with Crippen molar-refractivity contribution in [3.05, 3.63) is 0 Å². The summed E-state index contributed by atoms with van der Waals surface area (Å²) in [7, 11) is 0. The van der Waals surface area contributed by atoms with Gasteiger partial charge in [0.15, 0.2) is 0 Å². The topological polar surface area (TPSA) is 78.9 Å². The molecule has 0 spiro atoms. The molecule has 0 aromatic rings. The normalized spacial score (nSPS) is 29.2. The standard InChI is InChI=1S/C23H38O6/c1-14(2)13-22(8,20(3,4)5)19(26)28-21(6,7)18(25)29-23(9)11-10-15-12-16(23)27-17(15)24/h14-16H,10-13H2,1-9H3. The van der Waals surface area contributed by atoms with Gasteiger partial charge in [0.05, 0.1) is 11.3 Å². The fourth-order valence-electron chi connectivity index (χ4n) is 4.22. The molecule has 2 aliphatic rings. The zero-order valence-corrected chi connectivity index (χ0v) is 19.5. The highest BCUT2D eigenvalue weighted by Gasteiger charge is 2.54. The van der Waals surface area contributed by atoms with E-state index >= 15 is 0 Å². The van der Waals surface area contributed by atoms with Gasteiger partial charge in [0, 0.05) is 6.42 Å². The Morgan fingerprint density at radius 1 is 1.14 bits per heavy atom. The molecule has 6 nitrogen and oxygen atoms in total. The van der Waals surface area contributed by atoms with Crippen LogP contribution in [-0.2, 0) is 28.6 Å². The molecule has 4 atom stereocenters. The van der Waals surface area contributed by atoms with Crippen LogP contribution in [0.4, 0.5) is 0 Å². The van der Waals surface area contributed by atoms with Crippen molar-refractivity contribution in [2.75, 3.05) is 0 Å². The van der Waals surface area contributed by atoms with Crippen LogP contribution in [0.25, 0.3) is 0 Å². The third-order valence-electron chi connectivity index (χ3n) is 6.85. The minimum absolute atomic E-state index is 0.0962. The molecule has 2 fully saturated rings. The highest BCUT2D eigenvalue weighted by atomic mass is 16.6. The summed E-state index contributed by atoms with van der Waals surface area (Å²) in [5.41, 5.74) is -3.42. The summed E-state index contributed by atoms with van der Waals surface area (Å²) >= 11 is 0. The van der Waals surface area contributed by atoms with Gasteiger partial charge in [-0.15, -0.1) is 0 Å². The minimum atomic E-state index is -1.44. The van der Waals surface area contributed by atoms with Gasteiger partial charge in [0.25, 0.3) is 0 Å². The molecule has 1 heterocycles. The number of rotatable bonds is 6. The maximum absolute atomic E-state index is 13.2. The molecule has 1 saturated carbocycles. The van der Waals surface area contributed by atoms with E-state index in [1.165, 1.54) is 0 Å². The molecule has 0 radical (unpaired) electrons. The fourth-order valence-corrected chi connectivity index (χ4v) is 4.22. The molecule has 0 N–H and O–H groups in total. The van der Waals surface area contributed by atoms with Crippen molar-refractivity contribution in [2.45, 2.75) is 105 Å². The van der Waals surface area contributed by atoms with Crippen LogP contribution in [0, 0.1) is 22.7 Å². The first-order valence-corrected chi connectivity index (χ1v) is 10.7. The van der Waals surface area contributed by atoms with Crippen LogP contribution in [0.5, 0.6) is 0 Å². The van der Waals surface area contributed by atoms with E-state index in [-0.39, 0.29) is 17.3 Å². The molecule has 1 aliphatic heterocycles. The van der Waals surface area contributed by atoms with E-state index in [0.29, 0.717) is 31.6 Å². The lowest BCUT2D eigenvalue weighted by Crippen LogP contribution is -2.52. The number of ether oxygens (including phenoxy) is 3. The van der Waals surface area contributed by atoms with Crippen LogP contribution < -0.4 is 0 Å². The van der Waals surface area contributed by atoms with E-state index in [4.69, 9.17) is 14.2 Å². The van der Waals surface area contributed by atoms with Gasteiger partial charge in [0.2, 0.25) is 5.60 Å². The van der Waals surface area contributed by atoms with E-state index in [1.54, 1.807) is 20.8 Å². The molecule has 4 unspecified atom stereocenters. The maximum atomic E-state index is 13.2. The van der Waals surface area contributed by atoms with Crippen LogP contribution >= 0.6 is 0 Å². The number of carbonyl (C=O) groups is 3. The van der Waals surface area contributed by atoms with E-state index in [0.717, 1.165) is 0 Å². The average molecular weight is 411 g/mol. The fraction of sp³-hybridized carbons (Fsp3) is 0.870. The van der Waals surface area contributed by atoms with Crippen molar-refractivity contribution in [1.29, 1.82) is 0 Å². The number of carbonyl (C=O) groups excluding carboxylic acids is 3.